The zero-order valence-corrected chi connectivity index (χ0v) is 11.1. The van der Waals surface area contributed by atoms with Crippen LogP contribution in [0.4, 0.5) is 4.39 Å². The molecule has 0 spiro atoms. The third kappa shape index (κ3) is 2.46. The molecule has 1 fully saturated rings. The maximum absolute atomic E-state index is 13.0. The molecule has 0 atom stereocenters. The van der Waals surface area contributed by atoms with E-state index in [-0.39, 0.29) is 5.82 Å². The fourth-order valence-corrected chi connectivity index (χ4v) is 2.96. The first-order valence-electron chi connectivity index (χ1n) is 5.80. The van der Waals surface area contributed by atoms with E-state index < -0.39 is 0 Å². The first-order valence-corrected chi connectivity index (χ1v) is 6.59. The maximum Gasteiger partial charge on any atom is 0.124 e. The summed E-state index contributed by atoms with van der Waals surface area (Å²) in [5, 5.41) is 3.35. The van der Waals surface area contributed by atoms with Gasteiger partial charge >= 0.3 is 0 Å². The highest BCUT2D eigenvalue weighted by Crippen LogP contribution is 2.35. The van der Waals surface area contributed by atoms with Crippen molar-refractivity contribution in [2.45, 2.75) is 26.2 Å². The first-order chi connectivity index (χ1) is 7.65. The SMILES string of the molecule is CCCC1(Cc2ccc(F)cc2Br)CNC1. The van der Waals surface area contributed by atoms with Gasteiger partial charge in [0.05, 0.1) is 0 Å². The molecule has 0 saturated carbocycles. The fraction of sp³-hybridized carbons (Fsp3) is 0.538. The average Bonchev–Trinajstić information content (AvgIpc) is 2.18. The van der Waals surface area contributed by atoms with Gasteiger partial charge in [0.15, 0.2) is 0 Å². The largest absolute Gasteiger partial charge is 0.316 e. The molecule has 1 N–H and O–H groups in total. The van der Waals surface area contributed by atoms with Crippen molar-refractivity contribution in [1.82, 2.24) is 5.32 Å². The third-order valence-corrected chi connectivity index (χ3v) is 4.10. The molecule has 88 valence electrons. The van der Waals surface area contributed by atoms with Crippen LogP contribution in [-0.2, 0) is 6.42 Å². The molecule has 0 amide bonds. The topological polar surface area (TPSA) is 12.0 Å². The van der Waals surface area contributed by atoms with Gasteiger partial charge in [-0.3, -0.25) is 0 Å². The van der Waals surface area contributed by atoms with Crippen LogP contribution in [-0.4, -0.2) is 13.1 Å². The van der Waals surface area contributed by atoms with Gasteiger partial charge < -0.3 is 5.32 Å². The molecular weight excluding hydrogens is 269 g/mol. The molecule has 1 heterocycles. The molecule has 3 heteroatoms. The second-order valence-electron chi connectivity index (χ2n) is 4.77. The van der Waals surface area contributed by atoms with Gasteiger partial charge in [-0.2, -0.15) is 0 Å². The molecule has 0 unspecified atom stereocenters. The predicted molar refractivity (Wildman–Crippen MR) is 68.0 cm³/mol. The van der Waals surface area contributed by atoms with Gasteiger partial charge in [0.2, 0.25) is 0 Å². The Labute approximate surface area is 105 Å². The highest BCUT2D eigenvalue weighted by molar-refractivity contribution is 9.10. The lowest BCUT2D eigenvalue weighted by Gasteiger charge is -2.43. The molecule has 16 heavy (non-hydrogen) atoms. The first kappa shape index (κ1) is 12.1. The van der Waals surface area contributed by atoms with Crippen molar-refractivity contribution < 1.29 is 4.39 Å². The zero-order valence-electron chi connectivity index (χ0n) is 9.52. The second-order valence-corrected chi connectivity index (χ2v) is 5.62. The van der Waals surface area contributed by atoms with Crippen molar-refractivity contribution >= 4 is 15.9 Å². The van der Waals surface area contributed by atoms with Crippen LogP contribution >= 0.6 is 15.9 Å². The number of benzene rings is 1. The molecule has 1 nitrogen and oxygen atoms in total. The van der Waals surface area contributed by atoms with Crippen LogP contribution in [0.5, 0.6) is 0 Å². The van der Waals surface area contributed by atoms with E-state index in [4.69, 9.17) is 0 Å². The van der Waals surface area contributed by atoms with Crippen molar-refractivity contribution in [1.29, 1.82) is 0 Å². The minimum atomic E-state index is -0.174. The number of rotatable bonds is 4. The van der Waals surface area contributed by atoms with Gasteiger partial charge in [0.1, 0.15) is 5.82 Å². The summed E-state index contributed by atoms with van der Waals surface area (Å²) in [5.41, 5.74) is 1.62. The van der Waals surface area contributed by atoms with Gasteiger partial charge in [-0.25, -0.2) is 4.39 Å². The van der Waals surface area contributed by atoms with Crippen LogP contribution in [0.1, 0.15) is 25.3 Å². The lowest BCUT2D eigenvalue weighted by atomic mass is 9.73. The van der Waals surface area contributed by atoms with E-state index in [1.807, 2.05) is 6.07 Å². The molecule has 2 rings (SSSR count). The summed E-state index contributed by atoms with van der Waals surface area (Å²) >= 11 is 3.44. The Kier molecular flexibility index (Phi) is 3.65. The Hall–Kier alpha value is -0.410. The Morgan fingerprint density at radius 3 is 2.69 bits per heavy atom. The van der Waals surface area contributed by atoms with Gasteiger partial charge in [-0.15, -0.1) is 0 Å². The smallest absolute Gasteiger partial charge is 0.124 e. The molecule has 1 saturated heterocycles. The van der Waals surface area contributed by atoms with Gasteiger partial charge in [0.25, 0.3) is 0 Å². The normalized spacial score (nSPS) is 18.2. The molecule has 1 aromatic carbocycles. The Balaban J connectivity index is 2.13. The predicted octanol–water partition coefficient (Wildman–Crippen LogP) is 3.52. The molecule has 1 aliphatic heterocycles. The lowest BCUT2D eigenvalue weighted by molar-refractivity contribution is 0.150. The van der Waals surface area contributed by atoms with E-state index in [2.05, 4.69) is 28.2 Å². The summed E-state index contributed by atoms with van der Waals surface area (Å²) < 4.78 is 13.9. The van der Waals surface area contributed by atoms with Gasteiger partial charge in [-0.1, -0.05) is 35.3 Å². The molecule has 0 aromatic heterocycles. The molecule has 1 aliphatic rings. The minimum Gasteiger partial charge on any atom is -0.316 e. The summed E-state index contributed by atoms with van der Waals surface area (Å²) in [5.74, 6) is -0.174. The highest BCUT2D eigenvalue weighted by Gasteiger charge is 2.36. The van der Waals surface area contributed by atoms with Crippen LogP contribution in [0.15, 0.2) is 22.7 Å². The Bertz CT molecular complexity index is 374. The van der Waals surface area contributed by atoms with E-state index in [1.165, 1.54) is 18.4 Å². The molecular formula is C13H17BrFN. The quantitative estimate of drug-likeness (QED) is 0.893. The number of hydrogen-bond donors (Lipinski definition) is 1. The zero-order chi connectivity index (χ0) is 11.6. The van der Waals surface area contributed by atoms with Crippen LogP contribution in [0.25, 0.3) is 0 Å². The average molecular weight is 286 g/mol. The highest BCUT2D eigenvalue weighted by atomic mass is 79.9. The van der Waals surface area contributed by atoms with Crippen molar-refractivity contribution in [2.24, 2.45) is 5.41 Å². The maximum atomic E-state index is 13.0. The van der Waals surface area contributed by atoms with Crippen molar-refractivity contribution in [3.63, 3.8) is 0 Å². The van der Waals surface area contributed by atoms with Crippen molar-refractivity contribution in [3.8, 4) is 0 Å². The van der Waals surface area contributed by atoms with Crippen LogP contribution in [0.2, 0.25) is 0 Å². The standard InChI is InChI=1S/C13H17BrFN/c1-2-5-13(8-16-9-13)7-10-3-4-11(15)6-12(10)14/h3-4,6,16H,2,5,7-9H2,1H3. The number of halogens is 2. The van der Waals surface area contributed by atoms with E-state index >= 15 is 0 Å². The number of nitrogens with one attached hydrogen (secondary N) is 1. The summed E-state index contributed by atoms with van der Waals surface area (Å²) in [4.78, 5) is 0. The third-order valence-electron chi connectivity index (χ3n) is 3.36. The van der Waals surface area contributed by atoms with E-state index in [0.29, 0.717) is 5.41 Å². The fourth-order valence-electron chi connectivity index (χ4n) is 2.47. The van der Waals surface area contributed by atoms with E-state index in [0.717, 1.165) is 24.0 Å². The Morgan fingerprint density at radius 1 is 1.44 bits per heavy atom. The van der Waals surface area contributed by atoms with Gasteiger partial charge in [0, 0.05) is 17.6 Å². The van der Waals surface area contributed by atoms with E-state index in [9.17, 15) is 4.39 Å². The molecule has 1 aromatic rings. The Morgan fingerprint density at radius 2 is 2.19 bits per heavy atom. The molecule has 0 radical (unpaired) electrons. The molecule has 0 bridgehead atoms. The summed E-state index contributed by atoms with van der Waals surface area (Å²) in [6.45, 7) is 4.40. The van der Waals surface area contributed by atoms with Crippen molar-refractivity contribution in [2.75, 3.05) is 13.1 Å². The van der Waals surface area contributed by atoms with Gasteiger partial charge in [-0.05, 0) is 36.0 Å². The number of hydrogen-bond acceptors (Lipinski definition) is 1. The lowest BCUT2D eigenvalue weighted by Crippen LogP contribution is -2.54. The minimum absolute atomic E-state index is 0.174. The van der Waals surface area contributed by atoms with Crippen LogP contribution < -0.4 is 5.32 Å². The summed E-state index contributed by atoms with van der Waals surface area (Å²) in [7, 11) is 0. The van der Waals surface area contributed by atoms with E-state index in [1.54, 1.807) is 12.1 Å². The van der Waals surface area contributed by atoms with Crippen LogP contribution in [0, 0.1) is 11.2 Å². The van der Waals surface area contributed by atoms with Crippen LogP contribution in [0.3, 0.4) is 0 Å². The monoisotopic (exact) mass is 285 g/mol. The summed E-state index contributed by atoms with van der Waals surface area (Å²) in [6, 6.07) is 5.00. The van der Waals surface area contributed by atoms with Crippen molar-refractivity contribution in [3.05, 3.63) is 34.1 Å². The molecule has 0 aliphatic carbocycles. The summed E-state index contributed by atoms with van der Waals surface area (Å²) in [6.07, 6.45) is 3.49. The second kappa shape index (κ2) is 4.84.